The second-order valence-electron chi connectivity index (χ2n) is 1.42. The summed E-state index contributed by atoms with van der Waals surface area (Å²) in [7, 11) is 1.77. The van der Waals surface area contributed by atoms with Crippen LogP contribution in [0.15, 0.2) is 16.6 Å². The maximum absolute atomic E-state index is 3.81. The average molecular weight is 97.2 g/mol. The van der Waals surface area contributed by atoms with Crippen LogP contribution >= 0.6 is 0 Å². The number of hydrogen-bond donors (Lipinski definition) is 0. The fraction of sp³-hybridized carbons (Fsp3) is 0.500. The third kappa shape index (κ3) is 3.23. The van der Waals surface area contributed by atoms with E-state index >= 15 is 0 Å². The molecule has 0 aliphatic carbocycles. The summed E-state index contributed by atoms with van der Waals surface area (Å²) in [5, 5.41) is 0. The third-order valence-corrected chi connectivity index (χ3v) is 0.788. The first kappa shape index (κ1) is 6.41. The van der Waals surface area contributed by atoms with E-state index in [0.29, 0.717) is 0 Å². The smallest absolute Gasteiger partial charge is 0.0277 e. The van der Waals surface area contributed by atoms with E-state index in [1.807, 2.05) is 26.1 Å². The molecule has 40 valence electrons. The lowest BCUT2D eigenvalue weighted by Gasteiger charge is -1.80. The van der Waals surface area contributed by atoms with E-state index in [0.717, 1.165) is 0 Å². The van der Waals surface area contributed by atoms with Gasteiger partial charge in [0.15, 0.2) is 0 Å². The third-order valence-electron chi connectivity index (χ3n) is 0.788. The molecular formula is C6H11N. The van der Waals surface area contributed by atoms with E-state index in [4.69, 9.17) is 0 Å². The number of allylic oxidation sites excluding steroid dienone is 2. The molecule has 7 heavy (non-hydrogen) atoms. The highest BCUT2D eigenvalue weighted by Crippen LogP contribution is 1.82. The number of aliphatic imine (C=N–C) groups is 1. The molecule has 0 spiro atoms. The van der Waals surface area contributed by atoms with Crippen LogP contribution in [0.25, 0.3) is 0 Å². The zero-order valence-corrected chi connectivity index (χ0v) is 5.10. The molecule has 0 aliphatic rings. The minimum absolute atomic E-state index is 1.21. The lowest BCUT2D eigenvalue weighted by molar-refractivity contribution is 1.44. The van der Waals surface area contributed by atoms with Crippen LogP contribution in [0.4, 0.5) is 0 Å². The van der Waals surface area contributed by atoms with Crippen LogP contribution in [0.2, 0.25) is 0 Å². The summed E-state index contributed by atoms with van der Waals surface area (Å²) in [5.74, 6) is 0. The van der Waals surface area contributed by atoms with Gasteiger partial charge < -0.3 is 0 Å². The highest BCUT2D eigenvalue weighted by Gasteiger charge is 1.71. The number of rotatable bonds is 1. The summed E-state index contributed by atoms with van der Waals surface area (Å²) in [6.07, 6.45) is 3.85. The van der Waals surface area contributed by atoms with Gasteiger partial charge in [-0.05, 0) is 19.4 Å². The SMILES string of the molecule is C/C=C(\C)C=NC. The number of nitrogens with zero attached hydrogens (tertiary/aromatic N) is 1. The van der Waals surface area contributed by atoms with E-state index in [-0.39, 0.29) is 0 Å². The predicted octanol–water partition coefficient (Wildman–Crippen LogP) is 1.65. The largest absolute Gasteiger partial charge is 0.296 e. The molecular weight excluding hydrogens is 86.1 g/mol. The Bertz CT molecular complexity index is 90.4. The van der Waals surface area contributed by atoms with Crippen LogP contribution in [0.3, 0.4) is 0 Å². The summed E-state index contributed by atoms with van der Waals surface area (Å²) in [6.45, 7) is 4.02. The molecule has 0 aromatic carbocycles. The summed E-state index contributed by atoms with van der Waals surface area (Å²) in [6, 6.07) is 0. The minimum atomic E-state index is 1.21. The van der Waals surface area contributed by atoms with Crippen molar-refractivity contribution in [3.05, 3.63) is 11.6 Å². The Labute approximate surface area is 44.8 Å². The molecule has 1 heteroatoms. The molecule has 0 saturated carbocycles. The fourth-order valence-electron chi connectivity index (χ4n) is 0.278. The first-order valence-electron chi connectivity index (χ1n) is 2.36. The lowest BCUT2D eigenvalue weighted by atomic mass is 10.3. The molecule has 0 aliphatic heterocycles. The molecule has 0 fully saturated rings. The van der Waals surface area contributed by atoms with Crippen molar-refractivity contribution in [2.75, 3.05) is 7.05 Å². The highest BCUT2D eigenvalue weighted by molar-refractivity contribution is 5.77. The maximum atomic E-state index is 3.81. The summed E-state index contributed by atoms with van der Waals surface area (Å²) >= 11 is 0. The van der Waals surface area contributed by atoms with Crippen molar-refractivity contribution in [2.45, 2.75) is 13.8 Å². The average Bonchev–Trinajstić information content (AvgIpc) is 1.68. The van der Waals surface area contributed by atoms with E-state index in [1.54, 1.807) is 7.05 Å². The predicted molar refractivity (Wildman–Crippen MR) is 33.8 cm³/mol. The van der Waals surface area contributed by atoms with Gasteiger partial charge >= 0.3 is 0 Å². The molecule has 0 radical (unpaired) electrons. The molecule has 0 aromatic rings. The highest BCUT2D eigenvalue weighted by atomic mass is 14.6. The molecule has 0 unspecified atom stereocenters. The van der Waals surface area contributed by atoms with Crippen molar-refractivity contribution in [2.24, 2.45) is 4.99 Å². The van der Waals surface area contributed by atoms with Gasteiger partial charge in [-0.15, -0.1) is 0 Å². The van der Waals surface area contributed by atoms with Crippen molar-refractivity contribution in [1.29, 1.82) is 0 Å². The van der Waals surface area contributed by atoms with Gasteiger partial charge in [-0.25, -0.2) is 0 Å². The maximum Gasteiger partial charge on any atom is 0.0277 e. The van der Waals surface area contributed by atoms with Crippen LogP contribution < -0.4 is 0 Å². The molecule has 0 saturated heterocycles. The van der Waals surface area contributed by atoms with E-state index in [2.05, 4.69) is 4.99 Å². The zero-order chi connectivity index (χ0) is 5.70. The first-order valence-corrected chi connectivity index (χ1v) is 2.36. The topological polar surface area (TPSA) is 12.4 Å². The first-order chi connectivity index (χ1) is 3.31. The lowest BCUT2D eigenvalue weighted by Crippen LogP contribution is -1.72. The van der Waals surface area contributed by atoms with Gasteiger partial charge in [-0.2, -0.15) is 0 Å². The Morgan fingerprint density at radius 3 is 2.29 bits per heavy atom. The van der Waals surface area contributed by atoms with Gasteiger partial charge in [0.2, 0.25) is 0 Å². The molecule has 0 N–H and O–H groups in total. The van der Waals surface area contributed by atoms with Gasteiger partial charge in [-0.3, -0.25) is 4.99 Å². The molecule has 0 heterocycles. The Hall–Kier alpha value is -0.590. The Kier molecular flexibility index (Phi) is 3.29. The Morgan fingerprint density at radius 2 is 2.14 bits per heavy atom. The Morgan fingerprint density at radius 1 is 1.57 bits per heavy atom. The monoisotopic (exact) mass is 97.1 g/mol. The van der Waals surface area contributed by atoms with Crippen LogP contribution in [0.5, 0.6) is 0 Å². The molecule has 0 amide bonds. The normalized spacial score (nSPS) is 13.3. The van der Waals surface area contributed by atoms with E-state index < -0.39 is 0 Å². The van der Waals surface area contributed by atoms with Crippen molar-refractivity contribution in [3.63, 3.8) is 0 Å². The summed E-state index contributed by atoms with van der Waals surface area (Å²) in [4.78, 5) is 3.81. The standard InChI is InChI=1S/C6H11N/c1-4-6(2)5-7-3/h4-5H,1-3H3/b6-4+,7-5?. The molecule has 1 nitrogen and oxygen atoms in total. The van der Waals surface area contributed by atoms with Crippen molar-refractivity contribution in [1.82, 2.24) is 0 Å². The molecule has 0 bridgehead atoms. The van der Waals surface area contributed by atoms with Gasteiger partial charge in [-0.1, -0.05) is 6.08 Å². The van der Waals surface area contributed by atoms with Crippen molar-refractivity contribution < 1.29 is 0 Å². The van der Waals surface area contributed by atoms with Crippen LogP contribution in [-0.4, -0.2) is 13.3 Å². The van der Waals surface area contributed by atoms with Gasteiger partial charge in [0.05, 0.1) is 0 Å². The molecule has 0 aromatic heterocycles. The minimum Gasteiger partial charge on any atom is -0.296 e. The summed E-state index contributed by atoms with van der Waals surface area (Å²) in [5.41, 5.74) is 1.21. The van der Waals surface area contributed by atoms with Crippen molar-refractivity contribution in [3.8, 4) is 0 Å². The quantitative estimate of drug-likeness (QED) is 0.441. The second kappa shape index (κ2) is 3.59. The second-order valence-corrected chi connectivity index (χ2v) is 1.42. The zero-order valence-electron chi connectivity index (χ0n) is 5.10. The van der Waals surface area contributed by atoms with E-state index in [9.17, 15) is 0 Å². The summed E-state index contributed by atoms with van der Waals surface area (Å²) < 4.78 is 0. The fourth-order valence-corrected chi connectivity index (χ4v) is 0.278. The van der Waals surface area contributed by atoms with Crippen molar-refractivity contribution >= 4 is 6.21 Å². The van der Waals surface area contributed by atoms with Gasteiger partial charge in [0, 0.05) is 13.3 Å². The van der Waals surface area contributed by atoms with Gasteiger partial charge in [0.1, 0.15) is 0 Å². The molecule has 0 rings (SSSR count). The van der Waals surface area contributed by atoms with E-state index in [1.165, 1.54) is 5.57 Å². The van der Waals surface area contributed by atoms with Crippen LogP contribution in [-0.2, 0) is 0 Å². The van der Waals surface area contributed by atoms with Gasteiger partial charge in [0.25, 0.3) is 0 Å². The Balaban J connectivity index is 3.58. The number of hydrogen-bond acceptors (Lipinski definition) is 1. The van der Waals surface area contributed by atoms with Crippen LogP contribution in [0.1, 0.15) is 13.8 Å². The molecule has 0 atom stereocenters. The van der Waals surface area contributed by atoms with Crippen LogP contribution in [0, 0.1) is 0 Å².